The van der Waals surface area contributed by atoms with E-state index in [1.165, 1.54) is 0 Å². The van der Waals surface area contributed by atoms with E-state index in [4.69, 9.17) is 22.4 Å². The molecule has 1 heterocycles. The number of hydrogen-bond donors (Lipinski definition) is 5. The first kappa shape index (κ1) is 13.2. The van der Waals surface area contributed by atoms with Gasteiger partial charge in [-0.3, -0.25) is 0 Å². The molecule has 1 unspecified atom stereocenters. The fourth-order valence-corrected chi connectivity index (χ4v) is 0.966. The van der Waals surface area contributed by atoms with Crippen molar-refractivity contribution in [2.24, 2.45) is 0 Å². The number of carboxylic acid groups (broad SMARTS) is 1. The number of rotatable bonds is 5. The molecule has 1 aromatic heterocycles. The van der Waals surface area contributed by atoms with Crippen molar-refractivity contribution in [3.05, 3.63) is 5.15 Å². The van der Waals surface area contributed by atoms with Crippen LogP contribution in [0.1, 0.15) is 0 Å². The van der Waals surface area contributed by atoms with Crippen LogP contribution in [0, 0.1) is 0 Å². The van der Waals surface area contributed by atoms with Gasteiger partial charge in [0.1, 0.15) is 0 Å². The van der Waals surface area contributed by atoms with E-state index in [1.54, 1.807) is 0 Å². The molecule has 0 aromatic carbocycles. The zero-order chi connectivity index (χ0) is 12.8. The van der Waals surface area contributed by atoms with E-state index in [0.29, 0.717) is 0 Å². The third-order valence-corrected chi connectivity index (χ3v) is 1.92. The van der Waals surface area contributed by atoms with Gasteiger partial charge in [-0.2, -0.15) is 4.98 Å². The molecule has 0 spiro atoms. The Morgan fingerprint density at radius 1 is 1.47 bits per heavy atom. The Bertz CT molecular complexity index is 403. The lowest BCUT2D eigenvalue weighted by atomic mass is 10.3. The van der Waals surface area contributed by atoms with Crippen LogP contribution in [0.25, 0.3) is 0 Å². The summed E-state index contributed by atoms with van der Waals surface area (Å²) >= 11 is 5.51. The zero-order valence-electron chi connectivity index (χ0n) is 8.59. The Kier molecular flexibility index (Phi) is 4.67. The van der Waals surface area contributed by atoms with Crippen LogP contribution in [0.15, 0.2) is 0 Å². The Labute approximate surface area is 101 Å². The molecule has 0 aliphatic rings. The van der Waals surface area contributed by atoms with Gasteiger partial charge in [-0.15, -0.1) is 10.2 Å². The average molecular weight is 263 g/mol. The number of nitrogens with two attached hydrogens (primary N) is 1. The largest absolute Gasteiger partial charge is 0.465 e. The van der Waals surface area contributed by atoms with Crippen molar-refractivity contribution in [1.82, 2.24) is 20.5 Å². The molecule has 0 aliphatic heterocycles. The number of halogens is 1. The van der Waals surface area contributed by atoms with Crippen LogP contribution in [0.3, 0.4) is 0 Å². The number of hydrogen-bond acceptors (Lipinski definition) is 7. The molecule has 6 N–H and O–H groups in total. The quantitative estimate of drug-likeness (QED) is 0.461. The first-order chi connectivity index (χ1) is 7.99. The zero-order valence-corrected chi connectivity index (χ0v) is 9.35. The molecule has 1 aromatic rings. The molecular formula is C7H11ClN6O3. The topological polar surface area (TPSA) is 146 Å². The maximum absolute atomic E-state index is 10.2. The van der Waals surface area contributed by atoms with Gasteiger partial charge in [-0.1, -0.05) is 11.6 Å². The first-order valence-corrected chi connectivity index (χ1v) is 4.91. The molecule has 9 nitrogen and oxygen atoms in total. The third kappa shape index (κ3) is 4.66. The summed E-state index contributed by atoms with van der Waals surface area (Å²) in [4.78, 5) is 13.9. The van der Waals surface area contributed by atoms with Crippen LogP contribution >= 0.6 is 11.6 Å². The summed E-state index contributed by atoms with van der Waals surface area (Å²) in [6, 6.07) is 0. The van der Waals surface area contributed by atoms with Crippen molar-refractivity contribution < 1.29 is 15.0 Å². The smallest absolute Gasteiger partial charge is 0.404 e. The molecule has 1 amide bonds. The Balaban J connectivity index is 2.39. The van der Waals surface area contributed by atoms with Gasteiger partial charge in [0.2, 0.25) is 5.95 Å². The van der Waals surface area contributed by atoms with E-state index >= 15 is 0 Å². The Morgan fingerprint density at radius 3 is 2.76 bits per heavy atom. The van der Waals surface area contributed by atoms with Crippen molar-refractivity contribution in [1.29, 1.82) is 0 Å². The van der Waals surface area contributed by atoms with Crippen LogP contribution in [-0.2, 0) is 0 Å². The summed E-state index contributed by atoms with van der Waals surface area (Å²) in [7, 11) is 0. The van der Waals surface area contributed by atoms with Crippen molar-refractivity contribution in [2.45, 2.75) is 6.10 Å². The molecule has 1 rings (SSSR count). The summed E-state index contributed by atoms with van der Waals surface area (Å²) in [6.45, 7) is -0.0676. The minimum absolute atomic E-state index is 0.0105. The summed E-state index contributed by atoms with van der Waals surface area (Å²) in [6.07, 6.45) is -2.13. The van der Waals surface area contributed by atoms with Crippen LogP contribution in [0.2, 0.25) is 5.15 Å². The summed E-state index contributed by atoms with van der Waals surface area (Å²) in [5.41, 5.74) is 5.39. The molecule has 0 bridgehead atoms. The maximum Gasteiger partial charge on any atom is 0.404 e. The lowest BCUT2D eigenvalue weighted by Crippen LogP contribution is -2.35. The van der Waals surface area contributed by atoms with E-state index in [2.05, 4.69) is 20.5 Å². The van der Waals surface area contributed by atoms with Gasteiger partial charge in [-0.25, -0.2) is 4.79 Å². The second kappa shape index (κ2) is 6.01. The molecule has 0 fully saturated rings. The van der Waals surface area contributed by atoms with Crippen molar-refractivity contribution in [3.8, 4) is 0 Å². The number of carbonyl (C=O) groups is 1. The van der Waals surface area contributed by atoms with E-state index in [1.807, 2.05) is 5.32 Å². The highest BCUT2D eigenvalue weighted by molar-refractivity contribution is 6.31. The number of anilines is 2. The highest BCUT2D eigenvalue weighted by atomic mass is 35.5. The highest BCUT2D eigenvalue weighted by Gasteiger charge is 2.08. The number of aromatic nitrogens is 3. The summed E-state index contributed by atoms with van der Waals surface area (Å²) in [5.74, 6) is 0.114. The fraction of sp³-hybridized carbons (Fsp3) is 0.429. The SMILES string of the molecule is Nc1nc(NCC(O)CNC(=O)O)nnc1Cl. The predicted octanol–water partition coefficient (Wildman–Crippen LogP) is -0.852. The number of aliphatic hydroxyl groups is 1. The maximum atomic E-state index is 10.2. The highest BCUT2D eigenvalue weighted by Crippen LogP contribution is 2.11. The van der Waals surface area contributed by atoms with E-state index in [0.717, 1.165) is 0 Å². The Hall–Kier alpha value is -1.87. The van der Waals surface area contributed by atoms with E-state index in [9.17, 15) is 9.90 Å². The number of nitrogens with zero attached hydrogens (tertiary/aromatic N) is 3. The van der Waals surface area contributed by atoms with E-state index < -0.39 is 12.2 Å². The molecule has 1 atom stereocenters. The minimum Gasteiger partial charge on any atom is -0.465 e. The van der Waals surface area contributed by atoms with Crippen molar-refractivity contribution in [3.63, 3.8) is 0 Å². The van der Waals surface area contributed by atoms with Gasteiger partial charge in [0.15, 0.2) is 11.0 Å². The molecule has 17 heavy (non-hydrogen) atoms. The van der Waals surface area contributed by atoms with Gasteiger partial charge < -0.3 is 26.6 Å². The van der Waals surface area contributed by atoms with Crippen molar-refractivity contribution in [2.75, 3.05) is 24.1 Å². The molecule has 0 aliphatic carbocycles. The van der Waals surface area contributed by atoms with Crippen LogP contribution < -0.4 is 16.4 Å². The second-order valence-electron chi connectivity index (χ2n) is 3.03. The normalized spacial score (nSPS) is 11.9. The van der Waals surface area contributed by atoms with E-state index in [-0.39, 0.29) is 30.0 Å². The third-order valence-electron chi connectivity index (χ3n) is 1.65. The predicted molar refractivity (Wildman–Crippen MR) is 59.8 cm³/mol. The van der Waals surface area contributed by atoms with Crippen LogP contribution in [0.5, 0.6) is 0 Å². The molecule has 0 radical (unpaired) electrons. The fourth-order valence-electron chi connectivity index (χ4n) is 0.886. The van der Waals surface area contributed by atoms with Crippen LogP contribution in [0.4, 0.5) is 16.6 Å². The standard InChI is InChI=1S/C7H11ClN6O3/c8-4-5(9)12-6(14-13-4)10-1-3(15)2-11-7(16)17/h3,11,15H,1-2H2,(H,16,17)(H3,9,10,12,14). The molecule has 0 saturated carbocycles. The molecular weight excluding hydrogens is 252 g/mol. The number of aliphatic hydroxyl groups excluding tert-OH is 1. The minimum atomic E-state index is -1.21. The van der Waals surface area contributed by atoms with Gasteiger partial charge in [0.25, 0.3) is 0 Å². The summed E-state index contributed by atoms with van der Waals surface area (Å²) < 4.78 is 0. The molecule has 0 saturated heterocycles. The summed E-state index contributed by atoms with van der Waals surface area (Å²) in [5, 5.41) is 29.4. The second-order valence-corrected chi connectivity index (χ2v) is 3.39. The lowest BCUT2D eigenvalue weighted by molar-refractivity contribution is 0.164. The molecule has 10 heteroatoms. The van der Waals surface area contributed by atoms with Crippen LogP contribution in [-0.4, -0.2) is 50.7 Å². The molecule has 94 valence electrons. The van der Waals surface area contributed by atoms with Gasteiger partial charge in [0, 0.05) is 13.1 Å². The van der Waals surface area contributed by atoms with Gasteiger partial charge in [-0.05, 0) is 0 Å². The monoisotopic (exact) mass is 262 g/mol. The Morgan fingerprint density at radius 2 is 2.18 bits per heavy atom. The number of nitrogens with one attached hydrogen (secondary N) is 2. The van der Waals surface area contributed by atoms with Gasteiger partial charge >= 0.3 is 6.09 Å². The lowest BCUT2D eigenvalue weighted by Gasteiger charge is -2.11. The van der Waals surface area contributed by atoms with Gasteiger partial charge in [0.05, 0.1) is 6.10 Å². The number of amides is 1. The average Bonchev–Trinajstić information content (AvgIpc) is 2.28. The number of nitrogen functional groups attached to an aromatic ring is 1. The van der Waals surface area contributed by atoms with Crippen molar-refractivity contribution >= 4 is 29.5 Å². The first-order valence-electron chi connectivity index (χ1n) is 4.53.